The van der Waals surface area contributed by atoms with Crippen LogP contribution in [0.15, 0.2) is 30.3 Å². The van der Waals surface area contributed by atoms with Crippen LogP contribution in [0.3, 0.4) is 0 Å². The normalized spacial score (nSPS) is 19.0. The topological polar surface area (TPSA) is 78.5 Å². The maximum Gasteiger partial charge on any atom is 0.325 e. The summed E-state index contributed by atoms with van der Waals surface area (Å²) in [7, 11) is 0. The van der Waals surface area contributed by atoms with E-state index in [0.29, 0.717) is 6.42 Å². The number of hydrogen-bond acceptors (Lipinski definition) is 3. The molecule has 1 fully saturated rings. The maximum absolute atomic E-state index is 12.3. The van der Waals surface area contributed by atoms with E-state index in [-0.39, 0.29) is 24.4 Å². The number of nitrogens with one attached hydrogen (secondary N) is 2. The van der Waals surface area contributed by atoms with Gasteiger partial charge in [0.15, 0.2) is 0 Å². The number of benzene rings is 1. The van der Waals surface area contributed by atoms with E-state index < -0.39 is 12.1 Å². The highest BCUT2D eigenvalue weighted by molar-refractivity contribution is 6.06. The highest BCUT2D eigenvalue weighted by Crippen LogP contribution is 2.12. The van der Waals surface area contributed by atoms with Crippen LogP contribution in [0.25, 0.3) is 0 Å². The molecule has 0 spiro atoms. The van der Waals surface area contributed by atoms with Crippen LogP contribution in [0.2, 0.25) is 0 Å². The molecule has 1 aromatic carbocycles. The first-order valence-corrected chi connectivity index (χ1v) is 7.46. The van der Waals surface area contributed by atoms with Crippen molar-refractivity contribution in [2.45, 2.75) is 38.8 Å². The SMILES string of the molecule is CC[C@H](C)NC(=O)CN1C(=O)N[C@H](Cc2ccccc2)C1=O. The molecule has 22 heavy (non-hydrogen) atoms. The van der Waals surface area contributed by atoms with E-state index in [4.69, 9.17) is 0 Å². The molecule has 6 heteroatoms. The van der Waals surface area contributed by atoms with Crippen molar-refractivity contribution in [3.05, 3.63) is 35.9 Å². The van der Waals surface area contributed by atoms with Gasteiger partial charge in [0.25, 0.3) is 5.91 Å². The van der Waals surface area contributed by atoms with E-state index in [9.17, 15) is 14.4 Å². The van der Waals surface area contributed by atoms with Crippen LogP contribution in [-0.4, -0.2) is 41.4 Å². The fourth-order valence-corrected chi connectivity index (χ4v) is 2.28. The van der Waals surface area contributed by atoms with Crippen molar-refractivity contribution >= 4 is 17.8 Å². The third-order valence-corrected chi connectivity index (χ3v) is 3.71. The summed E-state index contributed by atoms with van der Waals surface area (Å²) in [5, 5.41) is 5.38. The quantitative estimate of drug-likeness (QED) is 0.771. The van der Waals surface area contributed by atoms with Gasteiger partial charge in [0.2, 0.25) is 5.91 Å². The Labute approximate surface area is 129 Å². The van der Waals surface area contributed by atoms with E-state index in [0.717, 1.165) is 16.9 Å². The second kappa shape index (κ2) is 7.06. The van der Waals surface area contributed by atoms with Crippen LogP contribution in [0.5, 0.6) is 0 Å². The monoisotopic (exact) mass is 303 g/mol. The fraction of sp³-hybridized carbons (Fsp3) is 0.438. The maximum atomic E-state index is 12.3. The molecular formula is C16H21N3O3. The molecule has 0 aliphatic carbocycles. The van der Waals surface area contributed by atoms with Crippen LogP contribution in [0.1, 0.15) is 25.8 Å². The summed E-state index contributed by atoms with van der Waals surface area (Å²) in [5.41, 5.74) is 0.965. The van der Waals surface area contributed by atoms with Crippen molar-refractivity contribution in [1.82, 2.24) is 15.5 Å². The lowest BCUT2D eigenvalue weighted by atomic mass is 10.1. The Balaban J connectivity index is 1.95. The van der Waals surface area contributed by atoms with Gasteiger partial charge in [0, 0.05) is 12.5 Å². The number of amides is 4. The van der Waals surface area contributed by atoms with Gasteiger partial charge in [0.1, 0.15) is 12.6 Å². The van der Waals surface area contributed by atoms with Crippen molar-refractivity contribution < 1.29 is 14.4 Å². The minimum Gasteiger partial charge on any atom is -0.352 e. The van der Waals surface area contributed by atoms with Gasteiger partial charge in [-0.3, -0.25) is 14.5 Å². The second-order valence-corrected chi connectivity index (χ2v) is 5.49. The van der Waals surface area contributed by atoms with Crippen LogP contribution in [0, 0.1) is 0 Å². The molecule has 0 aromatic heterocycles. The Morgan fingerprint density at radius 1 is 1.32 bits per heavy atom. The number of rotatable bonds is 6. The first-order valence-electron chi connectivity index (χ1n) is 7.46. The Hall–Kier alpha value is -2.37. The Morgan fingerprint density at radius 3 is 2.64 bits per heavy atom. The van der Waals surface area contributed by atoms with Gasteiger partial charge in [-0.05, 0) is 18.9 Å². The van der Waals surface area contributed by atoms with Crippen molar-refractivity contribution in [1.29, 1.82) is 0 Å². The average molecular weight is 303 g/mol. The van der Waals surface area contributed by atoms with Crippen molar-refractivity contribution in [2.75, 3.05) is 6.54 Å². The van der Waals surface area contributed by atoms with Gasteiger partial charge < -0.3 is 10.6 Å². The third-order valence-electron chi connectivity index (χ3n) is 3.71. The molecule has 0 saturated carbocycles. The third kappa shape index (κ3) is 3.84. The molecule has 1 saturated heterocycles. The summed E-state index contributed by atoms with van der Waals surface area (Å²) in [5.74, 6) is -0.675. The lowest BCUT2D eigenvalue weighted by Gasteiger charge is -2.15. The van der Waals surface area contributed by atoms with Gasteiger partial charge in [-0.1, -0.05) is 37.3 Å². The minimum atomic E-state index is -0.605. The van der Waals surface area contributed by atoms with E-state index in [1.165, 1.54) is 0 Å². The zero-order valence-electron chi connectivity index (χ0n) is 12.8. The molecule has 118 valence electrons. The van der Waals surface area contributed by atoms with E-state index in [1.54, 1.807) is 0 Å². The van der Waals surface area contributed by atoms with E-state index in [2.05, 4.69) is 10.6 Å². The fourth-order valence-electron chi connectivity index (χ4n) is 2.28. The molecule has 0 radical (unpaired) electrons. The molecule has 2 N–H and O–H groups in total. The average Bonchev–Trinajstić information content (AvgIpc) is 2.75. The van der Waals surface area contributed by atoms with Crippen LogP contribution >= 0.6 is 0 Å². The van der Waals surface area contributed by atoms with Gasteiger partial charge in [0.05, 0.1) is 0 Å². The minimum absolute atomic E-state index is 0.0217. The Bertz CT molecular complexity index is 559. The first-order chi connectivity index (χ1) is 10.5. The van der Waals surface area contributed by atoms with Crippen molar-refractivity contribution in [3.63, 3.8) is 0 Å². The predicted octanol–water partition coefficient (Wildman–Crippen LogP) is 1.06. The lowest BCUT2D eigenvalue weighted by molar-refractivity contribution is -0.132. The largest absolute Gasteiger partial charge is 0.352 e. The number of imide groups is 1. The summed E-state index contributed by atoms with van der Waals surface area (Å²) in [4.78, 5) is 37.0. The Kier molecular flexibility index (Phi) is 5.14. The van der Waals surface area contributed by atoms with Crippen LogP contribution < -0.4 is 10.6 Å². The summed E-state index contributed by atoms with van der Waals surface area (Å²) in [6.07, 6.45) is 1.22. The predicted molar refractivity (Wildman–Crippen MR) is 82.1 cm³/mol. The number of nitrogens with zero attached hydrogens (tertiary/aromatic N) is 1. The van der Waals surface area contributed by atoms with Gasteiger partial charge in [-0.25, -0.2) is 4.79 Å². The lowest BCUT2D eigenvalue weighted by Crippen LogP contribution is -2.43. The molecule has 1 aliphatic heterocycles. The standard InChI is InChI=1S/C16H21N3O3/c1-3-11(2)17-14(20)10-19-15(21)13(18-16(19)22)9-12-7-5-4-6-8-12/h4-8,11,13H,3,9-10H2,1-2H3,(H,17,20)(H,18,22)/t11-,13+/m0/s1. The molecule has 6 nitrogen and oxygen atoms in total. The summed E-state index contributed by atoms with van der Waals surface area (Å²) < 4.78 is 0. The summed E-state index contributed by atoms with van der Waals surface area (Å²) >= 11 is 0. The highest BCUT2D eigenvalue weighted by Gasteiger charge is 2.38. The smallest absolute Gasteiger partial charge is 0.325 e. The molecule has 1 aromatic rings. The number of urea groups is 1. The van der Waals surface area contributed by atoms with Crippen LogP contribution in [0.4, 0.5) is 4.79 Å². The van der Waals surface area contributed by atoms with Crippen molar-refractivity contribution in [3.8, 4) is 0 Å². The first kappa shape index (κ1) is 16.0. The second-order valence-electron chi connectivity index (χ2n) is 5.49. The van der Waals surface area contributed by atoms with Gasteiger partial charge >= 0.3 is 6.03 Å². The zero-order chi connectivity index (χ0) is 16.1. The molecule has 0 unspecified atom stereocenters. The summed E-state index contributed by atoms with van der Waals surface area (Å²) in [6, 6.07) is 8.37. The van der Waals surface area contributed by atoms with E-state index in [1.807, 2.05) is 44.2 Å². The number of hydrogen-bond donors (Lipinski definition) is 2. The molecule has 0 bridgehead atoms. The molecule has 1 aliphatic rings. The molecule has 2 rings (SSSR count). The highest BCUT2D eigenvalue weighted by atomic mass is 16.2. The Morgan fingerprint density at radius 2 is 2.00 bits per heavy atom. The number of carbonyl (C=O) groups is 3. The molecule has 4 amide bonds. The van der Waals surface area contributed by atoms with Gasteiger partial charge in [-0.2, -0.15) is 0 Å². The zero-order valence-corrected chi connectivity index (χ0v) is 12.8. The molecule has 1 heterocycles. The van der Waals surface area contributed by atoms with E-state index >= 15 is 0 Å². The van der Waals surface area contributed by atoms with Crippen LogP contribution in [-0.2, 0) is 16.0 Å². The molecular weight excluding hydrogens is 282 g/mol. The summed E-state index contributed by atoms with van der Waals surface area (Å²) in [6.45, 7) is 3.59. The van der Waals surface area contributed by atoms with Crippen molar-refractivity contribution in [2.24, 2.45) is 0 Å². The molecule has 2 atom stereocenters. The van der Waals surface area contributed by atoms with Gasteiger partial charge in [-0.15, -0.1) is 0 Å². The number of carbonyl (C=O) groups excluding carboxylic acids is 3.